The van der Waals surface area contributed by atoms with Crippen LogP contribution in [0.25, 0.3) is 0 Å². The van der Waals surface area contributed by atoms with Crippen LogP contribution in [-0.2, 0) is 54.4 Å². The van der Waals surface area contributed by atoms with E-state index in [1.165, 1.54) is 0 Å². The molecule has 29 heteroatoms. The number of carbonyl (C=O) groups is 10. The van der Waals surface area contributed by atoms with Crippen molar-refractivity contribution in [3.63, 3.8) is 0 Å². The Morgan fingerprint density at radius 3 is 2.06 bits per heavy atom. The molecule has 382 valence electrons. The van der Waals surface area contributed by atoms with E-state index in [-0.39, 0.29) is 41.9 Å². The van der Waals surface area contributed by atoms with Crippen molar-refractivity contribution in [2.24, 2.45) is 33.8 Å². The molecule has 2 aliphatic rings. The first-order valence-corrected chi connectivity index (χ1v) is 24.0. The summed E-state index contributed by atoms with van der Waals surface area (Å²) in [5, 5.41) is 36.7. The molecule has 0 saturated carbocycles. The summed E-state index contributed by atoms with van der Waals surface area (Å²) < 4.78 is 28.3. The van der Waals surface area contributed by atoms with E-state index in [4.69, 9.17) is 22.9 Å². The van der Waals surface area contributed by atoms with E-state index in [9.17, 15) is 66.9 Å². The fraction of sp³-hybridized carbons (Fsp3) is 0.575. The van der Waals surface area contributed by atoms with E-state index in [2.05, 4.69) is 42.2 Å². The number of halogens is 2. The lowest BCUT2D eigenvalue weighted by molar-refractivity contribution is -0.141. The molecule has 1 aromatic carbocycles. The van der Waals surface area contributed by atoms with E-state index in [1.807, 2.05) is 13.8 Å². The molecule has 3 rings (SSSR count). The molecule has 1 unspecified atom stereocenters. The fourth-order valence-electron chi connectivity index (χ4n) is 6.92. The molecule has 0 bridgehead atoms. The fourth-order valence-corrected chi connectivity index (χ4v) is 9.21. The predicted octanol–water partition coefficient (Wildman–Crippen LogP) is -5.09. The van der Waals surface area contributed by atoms with Gasteiger partial charge in [0.15, 0.2) is 5.96 Å². The highest BCUT2D eigenvalue weighted by molar-refractivity contribution is 8.76. The molecule has 0 radical (unpaired) electrons. The van der Waals surface area contributed by atoms with Gasteiger partial charge < -0.3 is 75.3 Å². The number of aliphatic hydroxyl groups excluding tert-OH is 1. The third-order valence-corrected chi connectivity index (χ3v) is 12.9. The first kappa shape index (κ1) is 57.0. The van der Waals surface area contributed by atoms with Gasteiger partial charge in [-0.05, 0) is 36.5 Å². The maximum Gasteiger partial charge on any atom is 0.305 e. The lowest BCUT2D eigenvalue weighted by atomic mass is 9.98. The highest BCUT2D eigenvalue weighted by Gasteiger charge is 2.41. The van der Waals surface area contributed by atoms with Crippen LogP contribution in [0.15, 0.2) is 23.2 Å². The topological polar surface area (TPSA) is 415 Å². The van der Waals surface area contributed by atoms with Crippen molar-refractivity contribution in [2.45, 2.75) is 101 Å². The number of hydrogen-bond acceptors (Lipinski definition) is 15. The summed E-state index contributed by atoms with van der Waals surface area (Å²) in [6.07, 6.45) is -3.11. The summed E-state index contributed by atoms with van der Waals surface area (Å²) in [4.78, 5) is 137. The second-order valence-electron chi connectivity index (χ2n) is 16.4. The second kappa shape index (κ2) is 27.6. The Morgan fingerprint density at radius 2 is 1.43 bits per heavy atom. The molecule has 2 aliphatic heterocycles. The number of primary amides is 1. The van der Waals surface area contributed by atoms with E-state index in [0.29, 0.717) is 18.9 Å². The zero-order chi connectivity index (χ0) is 51.5. The first-order chi connectivity index (χ1) is 32.4. The van der Waals surface area contributed by atoms with Crippen LogP contribution in [0, 0.1) is 17.6 Å². The number of carboxylic acids is 1. The number of fused-ring (bicyclic) bond motifs is 1. The predicted molar refractivity (Wildman–Crippen MR) is 246 cm³/mol. The van der Waals surface area contributed by atoms with Crippen LogP contribution in [0.4, 0.5) is 8.78 Å². The molecule has 8 atom stereocenters. The average Bonchev–Trinajstić information content (AvgIpc) is 3.66. The zero-order valence-corrected chi connectivity index (χ0v) is 39.3. The van der Waals surface area contributed by atoms with Crippen LogP contribution in [0.3, 0.4) is 0 Å². The molecule has 0 spiro atoms. The van der Waals surface area contributed by atoms with E-state index < -0.39 is 158 Å². The molecule has 0 aliphatic carbocycles. The van der Waals surface area contributed by atoms with Gasteiger partial charge in [0.25, 0.3) is 0 Å². The largest absolute Gasteiger partial charge is 0.481 e. The Bertz CT molecular complexity index is 2080. The highest BCUT2D eigenvalue weighted by atomic mass is 33.1. The number of nitrogens with zero attached hydrogens (tertiary/aromatic N) is 2. The molecule has 25 nitrogen and oxygen atoms in total. The van der Waals surface area contributed by atoms with E-state index in [0.717, 1.165) is 38.6 Å². The molecule has 69 heavy (non-hydrogen) atoms. The minimum Gasteiger partial charge on any atom is -0.481 e. The van der Waals surface area contributed by atoms with Crippen molar-refractivity contribution in [2.75, 3.05) is 37.7 Å². The molecule has 9 amide bonds. The van der Waals surface area contributed by atoms with Gasteiger partial charge >= 0.3 is 5.97 Å². The van der Waals surface area contributed by atoms with Crippen LogP contribution < -0.4 is 60.2 Å². The molecule has 0 aromatic heterocycles. The SMILES string of the molecule is CC(C)[C@H](CCCN=C(N)N)NC(=O)[C@H]1CSSC[C@@H](N)C(=O)N[C@H](CC(=O)O)C(=O)NCC(=O)N[C@H](Cc2cc(F)cc(F)c2)C(=O)NCC(=O)N2CC(O)C[C@H]2C(=O)N[C@@H](CC(N)=O)C(=O)N1. The number of aliphatic imine (C=N–C) groups is 1. The van der Waals surface area contributed by atoms with Crippen molar-refractivity contribution in [1.29, 1.82) is 0 Å². The molecule has 2 fully saturated rings. The van der Waals surface area contributed by atoms with Crippen LogP contribution >= 0.6 is 21.6 Å². The summed E-state index contributed by atoms with van der Waals surface area (Å²) in [6.45, 7) is 1.70. The molecule has 17 N–H and O–H groups in total. The number of aliphatic carboxylic acids is 1. The van der Waals surface area contributed by atoms with Crippen molar-refractivity contribution in [3.8, 4) is 0 Å². The summed E-state index contributed by atoms with van der Waals surface area (Å²) in [6, 6.07) is -7.63. The second-order valence-corrected chi connectivity index (χ2v) is 19.0. The number of hydrogen-bond donors (Lipinski definition) is 13. The molecular weight excluding hydrogens is 957 g/mol. The smallest absolute Gasteiger partial charge is 0.305 e. The third kappa shape index (κ3) is 19.7. The van der Waals surface area contributed by atoms with E-state index in [1.54, 1.807) is 0 Å². The Hall–Kier alpha value is -6.33. The van der Waals surface area contributed by atoms with Crippen molar-refractivity contribution < 1.29 is 66.9 Å². The van der Waals surface area contributed by atoms with Gasteiger partial charge in [0.05, 0.1) is 38.1 Å². The van der Waals surface area contributed by atoms with E-state index >= 15 is 0 Å². The summed E-state index contributed by atoms with van der Waals surface area (Å²) in [5.74, 6) is -13.4. The Labute approximate surface area is 402 Å². The normalized spacial score (nSPS) is 24.6. The maximum absolute atomic E-state index is 14.1. The lowest BCUT2D eigenvalue weighted by Gasteiger charge is -2.28. The van der Waals surface area contributed by atoms with Gasteiger partial charge in [0.2, 0.25) is 53.2 Å². The van der Waals surface area contributed by atoms with Crippen LogP contribution in [0.1, 0.15) is 51.5 Å². The van der Waals surface area contributed by atoms with Gasteiger partial charge in [0, 0.05) is 49.5 Å². The zero-order valence-electron chi connectivity index (χ0n) is 37.7. The minimum absolute atomic E-state index is 0.121. The number of carboxylic acid groups (broad SMARTS) is 1. The maximum atomic E-state index is 14.1. The third-order valence-electron chi connectivity index (χ3n) is 10.4. The van der Waals surface area contributed by atoms with Crippen LogP contribution in [0.2, 0.25) is 0 Å². The van der Waals surface area contributed by atoms with Gasteiger partial charge in [-0.2, -0.15) is 0 Å². The molecule has 1 aromatic rings. The van der Waals surface area contributed by atoms with Crippen molar-refractivity contribution >= 4 is 86.7 Å². The van der Waals surface area contributed by atoms with Crippen LogP contribution in [0.5, 0.6) is 0 Å². The molecule has 2 saturated heterocycles. The summed E-state index contributed by atoms with van der Waals surface area (Å²) in [5.41, 5.74) is 22.2. The Morgan fingerprint density at radius 1 is 0.826 bits per heavy atom. The van der Waals surface area contributed by atoms with Gasteiger partial charge in [0.1, 0.15) is 41.8 Å². The summed E-state index contributed by atoms with van der Waals surface area (Å²) in [7, 11) is 1.91. The molecule has 2 heterocycles. The number of nitrogens with two attached hydrogens (primary N) is 4. The van der Waals surface area contributed by atoms with Gasteiger partial charge in [-0.15, -0.1) is 0 Å². The lowest BCUT2D eigenvalue weighted by Crippen LogP contribution is -2.59. The number of benzene rings is 1. The molecular formula is C40H59F2N13O12S2. The number of amides is 9. The minimum atomic E-state index is -1.77. The average molecular weight is 1020 g/mol. The van der Waals surface area contributed by atoms with Crippen molar-refractivity contribution in [3.05, 3.63) is 35.4 Å². The standard InChI is InChI=1S/C40H59F2N13O12S2/c1-18(2)24(4-3-5-47-40(45)46)51-38(66)28-17-69-68-16-23(43)34(62)52-27(12-33(60)61)36(64)48-13-31(58)50-25(8-19-6-20(41)9-21(42)7-19)35(63)49-14-32(59)55-15-22(56)10-29(55)39(67)53-26(11-30(44)57)37(65)54-28/h6-7,9,18,22-29,56H,3-5,8,10-17,43H2,1-2H3,(H2,44,57)(H,48,64)(H,49,63)(H,50,58)(H,51,66)(H,52,62)(H,53,67)(H,54,65)(H,60,61)(H4,45,46,47)/t22?,23-,24+,25-,26+,27-,28-,29+/m1/s1. The van der Waals surface area contributed by atoms with Crippen LogP contribution in [-0.4, -0.2) is 166 Å². The number of nitrogens with one attached hydrogen (secondary N) is 7. The van der Waals surface area contributed by atoms with Crippen molar-refractivity contribution in [1.82, 2.24) is 42.1 Å². The number of aliphatic hydroxyl groups is 1. The number of carbonyl (C=O) groups excluding carboxylic acids is 9. The van der Waals surface area contributed by atoms with Gasteiger partial charge in [-0.1, -0.05) is 35.4 Å². The van der Waals surface area contributed by atoms with Gasteiger partial charge in [-0.3, -0.25) is 52.9 Å². The first-order valence-electron chi connectivity index (χ1n) is 21.5. The highest BCUT2D eigenvalue weighted by Crippen LogP contribution is 2.24. The number of guanidine groups is 1. The summed E-state index contributed by atoms with van der Waals surface area (Å²) >= 11 is 0. The Balaban J connectivity index is 1.99. The quantitative estimate of drug-likeness (QED) is 0.0380. The Kier molecular flexibility index (Phi) is 22.8. The van der Waals surface area contributed by atoms with Gasteiger partial charge in [-0.25, -0.2) is 8.78 Å². The monoisotopic (exact) mass is 1020 g/mol. The number of rotatable bonds is 13.